The molecule has 2 aromatic rings. The van der Waals surface area contributed by atoms with Crippen LogP contribution in [0.2, 0.25) is 0 Å². The van der Waals surface area contributed by atoms with Gasteiger partial charge < -0.3 is 10.3 Å². The lowest BCUT2D eigenvalue weighted by Crippen LogP contribution is -2.26. The van der Waals surface area contributed by atoms with E-state index in [4.69, 9.17) is 0 Å². The SMILES string of the molecule is Cc1c(C(=O)NCCSc2ccc(Br)cc2)[nH]c2c1C(=O)CCC2. The molecule has 4 nitrogen and oxygen atoms in total. The van der Waals surface area contributed by atoms with Crippen molar-refractivity contribution < 1.29 is 9.59 Å². The molecule has 2 N–H and O–H groups in total. The maximum Gasteiger partial charge on any atom is 0.268 e. The first-order chi connectivity index (χ1) is 11.6. The number of aromatic nitrogens is 1. The Kier molecular flexibility index (Phi) is 5.46. The molecule has 0 spiro atoms. The van der Waals surface area contributed by atoms with Crippen LogP contribution in [-0.4, -0.2) is 29.0 Å². The van der Waals surface area contributed by atoms with Crippen molar-refractivity contribution in [3.63, 3.8) is 0 Å². The second-order valence-electron chi connectivity index (χ2n) is 5.81. The van der Waals surface area contributed by atoms with Crippen LogP contribution in [0.5, 0.6) is 0 Å². The highest BCUT2D eigenvalue weighted by Crippen LogP contribution is 2.26. The minimum Gasteiger partial charge on any atom is -0.354 e. The predicted octanol–water partition coefficient (Wildman–Crippen LogP) is 4.13. The van der Waals surface area contributed by atoms with Crippen LogP contribution in [0.3, 0.4) is 0 Å². The topological polar surface area (TPSA) is 62.0 Å². The van der Waals surface area contributed by atoms with E-state index < -0.39 is 0 Å². The summed E-state index contributed by atoms with van der Waals surface area (Å²) in [5.41, 5.74) is 2.96. The number of benzene rings is 1. The van der Waals surface area contributed by atoms with Crippen LogP contribution in [0.1, 0.15) is 44.9 Å². The number of rotatable bonds is 5. The third-order valence-electron chi connectivity index (χ3n) is 4.13. The number of halogens is 1. The zero-order chi connectivity index (χ0) is 17.1. The van der Waals surface area contributed by atoms with Crippen LogP contribution in [0, 0.1) is 6.92 Å². The first kappa shape index (κ1) is 17.3. The first-order valence-electron chi connectivity index (χ1n) is 7.97. The largest absolute Gasteiger partial charge is 0.354 e. The van der Waals surface area contributed by atoms with Gasteiger partial charge in [0, 0.05) is 39.3 Å². The Bertz CT molecular complexity index is 768. The molecule has 0 unspecified atom stereocenters. The van der Waals surface area contributed by atoms with E-state index in [1.807, 2.05) is 31.2 Å². The molecule has 0 fully saturated rings. The number of H-pyrrole nitrogens is 1. The molecule has 1 aliphatic carbocycles. The van der Waals surface area contributed by atoms with Gasteiger partial charge in [0.15, 0.2) is 5.78 Å². The number of fused-ring (bicyclic) bond motifs is 1. The van der Waals surface area contributed by atoms with Crippen LogP contribution in [0.15, 0.2) is 33.6 Å². The van der Waals surface area contributed by atoms with Gasteiger partial charge in [-0.15, -0.1) is 11.8 Å². The Hall–Kier alpha value is -1.53. The van der Waals surface area contributed by atoms with Crippen LogP contribution in [0.25, 0.3) is 0 Å². The molecule has 1 aromatic heterocycles. The van der Waals surface area contributed by atoms with E-state index in [2.05, 4.69) is 26.2 Å². The van der Waals surface area contributed by atoms with Crippen molar-refractivity contribution in [1.29, 1.82) is 0 Å². The lowest BCUT2D eigenvalue weighted by Gasteiger charge is -2.09. The molecular weight excluding hydrogens is 388 g/mol. The molecule has 0 aliphatic heterocycles. The molecule has 6 heteroatoms. The average Bonchev–Trinajstić information content (AvgIpc) is 2.91. The van der Waals surface area contributed by atoms with Gasteiger partial charge in [-0.3, -0.25) is 9.59 Å². The van der Waals surface area contributed by atoms with E-state index in [0.29, 0.717) is 18.7 Å². The summed E-state index contributed by atoms with van der Waals surface area (Å²) in [5, 5.41) is 2.93. The predicted molar refractivity (Wildman–Crippen MR) is 100.0 cm³/mol. The average molecular weight is 407 g/mol. The molecule has 0 atom stereocenters. The molecule has 24 heavy (non-hydrogen) atoms. The minimum absolute atomic E-state index is 0.133. The minimum atomic E-state index is -0.133. The molecule has 1 aliphatic rings. The van der Waals surface area contributed by atoms with E-state index in [9.17, 15) is 9.59 Å². The fourth-order valence-corrected chi connectivity index (χ4v) is 3.99. The number of aromatic amines is 1. The van der Waals surface area contributed by atoms with Crippen LogP contribution >= 0.6 is 27.7 Å². The smallest absolute Gasteiger partial charge is 0.268 e. The number of Topliss-reactive ketones (excluding diaryl/α,β-unsaturated/α-hetero) is 1. The Labute approximate surface area is 153 Å². The molecular formula is C18H19BrN2O2S. The highest BCUT2D eigenvalue weighted by atomic mass is 79.9. The van der Waals surface area contributed by atoms with Crippen LogP contribution in [0.4, 0.5) is 0 Å². The van der Waals surface area contributed by atoms with E-state index in [-0.39, 0.29) is 11.7 Å². The number of aryl methyl sites for hydroxylation is 1. The number of hydrogen-bond acceptors (Lipinski definition) is 3. The molecule has 1 aromatic carbocycles. The van der Waals surface area contributed by atoms with Gasteiger partial charge in [-0.25, -0.2) is 0 Å². The summed E-state index contributed by atoms with van der Waals surface area (Å²) in [6.07, 6.45) is 2.28. The standard InChI is InChI=1S/C18H19BrN2O2S/c1-11-16-14(3-2-4-15(16)22)21-17(11)18(23)20-9-10-24-13-7-5-12(19)6-8-13/h5-8,21H,2-4,9-10H2,1H3,(H,20,23). The van der Waals surface area contributed by atoms with Gasteiger partial charge in [0.1, 0.15) is 5.69 Å². The van der Waals surface area contributed by atoms with E-state index in [1.54, 1.807) is 11.8 Å². The summed E-state index contributed by atoms with van der Waals surface area (Å²) in [4.78, 5) is 28.7. The number of ketones is 1. The zero-order valence-corrected chi connectivity index (χ0v) is 15.9. The van der Waals surface area contributed by atoms with E-state index in [0.717, 1.165) is 39.9 Å². The molecule has 0 radical (unpaired) electrons. The Morgan fingerprint density at radius 3 is 2.75 bits per heavy atom. The van der Waals surface area contributed by atoms with Crippen molar-refractivity contribution in [2.45, 2.75) is 31.1 Å². The van der Waals surface area contributed by atoms with Crippen molar-refractivity contribution >= 4 is 39.4 Å². The molecule has 3 rings (SSSR count). The number of hydrogen-bond donors (Lipinski definition) is 2. The van der Waals surface area contributed by atoms with E-state index >= 15 is 0 Å². The number of amides is 1. The van der Waals surface area contributed by atoms with Crippen molar-refractivity contribution in [3.8, 4) is 0 Å². The summed E-state index contributed by atoms with van der Waals surface area (Å²) < 4.78 is 1.06. The van der Waals surface area contributed by atoms with Gasteiger partial charge in [-0.1, -0.05) is 15.9 Å². The molecule has 126 valence electrons. The third kappa shape index (κ3) is 3.75. The van der Waals surface area contributed by atoms with Gasteiger partial charge in [-0.2, -0.15) is 0 Å². The second kappa shape index (κ2) is 7.57. The van der Waals surface area contributed by atoms with Gasteiger partial charge in [0.25, 0.3) is 5.91 Å². The van der Waals surface area contributed by atoms with Crippen LogP contribution < -0.4 is 5.32 Å². The maximum atomic E-state index is 12.4. The normalized spacial score (nSPS) is 13.7. The summed E-state index contributed by atoms with van der Waals surface area (Å²) in [7, 11) is 0. The monoisotopic (exact) mass is 406 g/mol. The fraction of sp³-hybridized carbons (Fsp3) is 0.333. The van der Waals surface area contributed by atoms with Gasteiger partial charge in [0.05, 0.1) is 0 Å². The van der Waals surface area contributed by atoms with Gasteiger partial charge in [-0.05, 0) is 49.6 Å². The maximum absolute atomic E-state index is 12.4. The Balaban J connectivity index is 1.56. The van der Waals surface area contributed by atoms with Crippen molar-refractivity contribution in [1.82, 2.24) is 10.3 Å². The Morgan fingerprint density at radius 2 is 2.04 bits per heavy atom. The molecule has 0 saturated carbocycles. The molecule has 0 bridgehead atoms. The molecule has 0 saturated heterocycles. The number of thioether (sulfide) groups is 1. The van der Waals surface area contributed by atoms with Gasteiger partial charge in [0.2, 0.25) is 0 Å². The lowest BCUT2D eigenvalue weighted by atomic mass is 9.94. The van der Waals surface area contributed by atoms with Gasteiger partial charge >= 0.3 is 0 Å². The van der Waals surface area contributed by atoms with Crippen molar-refractivity contribution in [2.75, 3.05) is 12.3 Å². The molecule has 1 heterocycles. The molecule has 1 amide bonds. The number of nitrogens with one attached hydrogen (secondary N) is 2. The highest BCUT2D eigenvalue weighted by Gasteiger charge is 2.26. The summed E-state index contributed by atoms with van der Waals surface area (Å²) >= 11 is 5.11. The van der Waals surface area contributed by atoms with Crippen LogP contribution in [-0.2, 0) is 6.42 Å². The van der Waals surface area contributed by atoms with Crippen molar-refractivity contribution in [2.24, 2.45) is 0 Å². The summed E-state index contributed by atoms with van der Waals surface area (Å²) in [6.45, 7) is 2.43. The third-order valence-corrected chi connectivity index (χ3v) is 5.68. The van der Waals surface area contributed by atoms with Crippen molar-refractivity contribution in [3.05, 3.63) is 51.3 Å². The Morgan fingerprint density at radius 1 is 1.29 bits per heavy atom. The fourth-order valence-electron chi connectivity index (χ4n) is 2.95. The summed E-state index contributed by atoms with van der Waals surface area (Å²) in [6, 6.07) is 8.10. The summed E-state index contributed by atoms with van der Waals surface area (Å²) in [5.74, 6) is 0.812. The number of carbonyl (C=O) groups is 2. The quantitative estimate of drug-likeness (QED) is 0.579. The highest BCUT2D eigenvalue weighted by molar-refractivity contribution is 9.10. The number of carbonyl (C=O) groups excluding carboxylic acids is 2. The second-order valence-corrected chi connectivity index (χ2v) is 7.90. The van der Waals surface area contributed by atoms with E-state index in [1.165, 1.54) is 4.90 Å². The zero-order valence-electron chi connectivity index (χ0n) is 13.4. The first-order valence-corrected chi connectivity index (χ1v) is 9.75. The lowest BCUT2D eigenvalue weighted by molar-refractivity contribution is 0.0950.